The second-order valence-corrected chi connectivity index (χ2v) is 5.84. The van der Waals surface area contributed by atoms with Crippen LogP contribution in [0, 0.1) is 0 Å². The van der Waals surface area contributed by atoms with E-state index in [4.69, 9.17) is 4.74 Å². The van der Waals surface area contributed by atoms with Crippen molar-refractivity contribution < 1.29 is 9.53 Å². The Morgan fingerprint density at radius 2 is 1.42 bits per heavy atom. The van der Waals surface area contributed by atoms with Crippen molar-refractivity contribution >= 4 is 17.8 Å². The summed E-state index contributed by atoms with van der Waals surface area (Å²) >= 11 is 0. The zero-order valence-electron chi connectivity index (χ0n) is 13.9. The Bertz CT molecular complexity index is 647. The molecule has 1 N–H and O–H groups in total. The third-order valence-electron chi connectivity index (χ3n) is 4.41. The number of piperazine rings is 1. The summed E-state index contributed by atoms with van der Waals surface area (Å²) in [6.45, 7) is 4.58. The highest BCUT2D eigenvalue weighted by molar-refractivity contribution is 5.53. The number of rotatable bonds is 6. The molecule has 5 heteroatoms. The van der Waals surface area contributed by atoms with Gasteiger partial charge in [-0.15, -0.1) is 0 Å². The number of hydrogen-bond acceptors (Lipinski definition) is 4. The molecule has 0 saturated carbocycles. The van der Waals surface area contributed by atoms with Gasteiger partial charge in [0.1, 0.15) is 5.75 Å². The molecule has 2 aromatic carbocycles. The summed E-state index contributed by atoms with van der Waals surface area (Å²) in [5.74, 6) is 0.890. The van der Waals surface area contributed by atoms with Gasteiger partial charge in [0.15, 0.2) is 0 Å². The van der Waals surface area contributed by atoms with Gasteiger partial charge in [-0.1, -0.05) is 12.1 Å². The van der Waals surface area contributed by atoms with E-state index in [1.165, 1.54) is 11.4 Å². The van der Waals surface area contributed by atoms with Gasteiger partial charge < -0.3 is 19.9 Å². The van der Waals surface area contributed by atoms with Crippen molar-refractivity contribution in [2.45, 2.75) is 6.54 Å². The number of anilines is 2. The molecule has 126 valence electrons. The fourth-order valence-electron chi connectivity index (χ4n) is 3.00. The maximum absolute atomic E-state index is 10.3. The van der Waals surface area contributed by atoms with Crippen LogP contribution in [0.2, 0.25) is 0 Å². The lowest BCUT2D eigenvalue weighted by Gasteiger charge is -2.37. The Hall–Kier alpha value is -2.69. The topological polar surface area (TPSA) is 44.8 Å². The van der Waals surface area contributed by atoms with Crippen LogP contribution in [0.5, 0.6) is 5.75 Å². The largest absolute Gasteiger partial charge is 0.497 e. The molecular weight excluding hydrogens is 302 g/mol. The molecule has 0 bridgehead atoms. The molecule has 1 aliphatic rings. The first-order valence-corrected chi connectivity index (χ1v) is 8.20. The van der Waals surface area contributed by atoms with Crippen molar-refractivity contribution in [3.8, 4) is 5.75 Å². The van der Waals surface area contributed by atoms with Gasteiger partial charge in [-0.3, -0.25) is 4.79 Å². The third kappa shape index (κ3) is 3.79. The minimum Gasteiger partial charge on any atom is -0.497 e. The van der Waals surface area contributed by atoms with Crippen LogP contribution in [0.4, 0.5) is 11.4 Å². The van der Waals surface area contributed by atoms with E-state index in [9.17, 15) is 4.79 Å². The summed E-state index contributed by atoms with van der Waals surface area (Å²) in [5.41, 5.74) is 3.59. The monoisotopic (exact) mass is 325 g/mol. The number of amides is 1. The van der Waals surface area contributed by atoms with Gasteiger partial charge >= 0.3 is 0 Å². The first kappa shape index (κ1) is 16.2. The highest BCUT2D eigenvalue weighted by Crippen LogP contribution is 2.23. The van der Waals surface area contributed by atoms with E-state index >= 15 is 0 Å². The van der Waals surface area contributed by atoms with E-state index < -0.39 is 0 Å². The minimum atomic E-state index is 0.578. The van der Waals surface area contributed by atoms with Crippen LogP contribution in [-0.4, -0.2) is 39.7 Å². The summed E-state index contributed by atoms with van der Waals surface area (Å²) in [5, 5.41) is 2.69. The van der Waals surface area contributed by atoms with Crippen LogP contribution in [0.25, 0.3) is 0 Å². The van der Waals surface area contributed by atoms with Crippen molar-refractivity contribution in [2.24, 2.45) is 0 Å². The highest BCUT2D eigenvalue weighted by Gasteiger charge is 2.17. The summed E-state index contributed by atoms with van der Waals surface area (Å²) in [7, 11) is 1.69. The van der Waals surface area contributed by atoms with Crippen molar-refractivity contribution in [1.82, 2.24) is 5.32 Å². The maximum Gasteiger partial charge on any atom is 0.207 e. The van der Waals surface area contributed by atoms with Crippen molar-refractivity contribution in [1.29, 1.82) is 0 Å². The minimum absolute atomic E-state index is 0.578. The summed E-state index contributed by atoms with van der Waals surface area (Å²) in [6.07, 6.45) is 0.728. The lowest BCUT2D eigenvalue weighted by Crippen LogP contribution is -2.46. The van der Waals surface area contributed by atoms with Gasteiger partial charge in [-0.05, 0) is 42.0 Å². The standard InChI is InChI=1S/C19H23N3O2/c1-24-19-8-6-18(7-9-19)22-12-10-21(11-13-22)17-4-2-16(3-5-17)14-20-15-23/h2-9,15H,10-14H2,1H3,(H,20,23). The van der Waals surface area contributed by atoms with Crippen LogP contribution in [0.15, 0.2) is 48.5 Å². The molecule has 1 fully saturated rings. The summed E-state index contributed by atoms with van der Waals surface area (Å²) in [4.78, 5) is 15.1. The zero-order valence-corrected chi connectivity index (χ0v) is 13.9. The molecule has 24 heavy (non-hydrogen) atoms. The molecule has 0 spiro atoms. The number of methoxy groups -OCH3 is 1. The molecule has 1 heterocycles. The molecule has 2 aromatic rings. The molecule has 1 saturated heterocycles. The molecule has 0 aromatic heterocycles. The lowest BCUT2D eigenvalue weighted by molar-refractivity contribution is -0.109. The van der Waals surface area contributed by atoms with Crippen LogP contribution >= 0.6 is 0 Å². The molecule has 0 radical (unpaired) electrons. The van der Waals surface area contributed by atoms with Crippen molar-refractivity contribution in [3.63, 3.8) is 0 Å². The summed E-state index contributed by atoms with van der Waals surface area (Å²) < 4.78 is 5.22. The lowest BCUT2D eigenvalue weighted by atomic mass is 10.1. The maximum atomic E-state index is 10.3. The number of ether oxygens (including phenoxy) is 1. The van der Waals surface area contributed by atoms with E-state index in [1.807, 2.05) is 12.1 Å². The summed E-state index contributed by atoms with van der Waals surface area (Å²) in [6, 6.07) is 16.6. The first-order valence-electron chi connectivity index (χ1n) is 8.20. The highest BCUT2D eigenvalue weighted by atomic mass is 16.5. The first-order chi connectivity index (χ1) is 11.8. The van der Waals surface area contributed by atoms with Gasteiger partial charge in [0.25, 0.3) is 0 Å². The Labute approximate surface area is 142 Å². The fraction of sp³-hybridized carbons (Fsp3) is 0.316. The van der Waals surface area contributed by atoms with Crippen LogP contribution in [0.1, 0.15) is 5.56 Å². The van der Waals surface area contributed by atoms with Gasteiger partial charge in [0, 0.05) is 44.1 Å². The Morgan fingerprint density at radius 1 is 0.917 bits per heavy atom. The average Bonchev–Trinajstić information content (AvgIpc) is 2.67. The third-order valence-corrected chi connectivity index (χ3v) is 4.41. The number of nitrogens with zero attached hydrogens (tertiary/aromatic N) is 2. The van der Waals surface area contributed by atoms with Crippen LogP contribution < -0.4 is 19.9 Å². The second-order valence-electron chi connectivity index (χ2n) is 5.84. The number of carbonyl (C=O) groups is 1. The zero-order chi connectivity index (χ0) is 16.8. The molecule has 1 amide bonds. The molecule has 3 rings (SSSR count). The molecule has 5 nitrogen and oxygen atoms in total. The Kier molecular flexibility index (Phi) is 5.21. The van der Waals surface area contributed by atoms with Crippen molar-refractivity contribution in [2.75, 3.05) is 43.1 Å². The number of carbonyl (C=O) groups excluding carboxylic acids is 1. The smallest absolute Gasteiger partial charge is 0.207 e. The predicted octanol–water partition coefficient (Wildman–Crippen LogP) is 2.27. The quantitative estimate of drug-likeness (QED) is 0.828. The van der Waals surface area contributed by atoms with Gasteiger partial charge in [0.2, 0.25) is 6.41 Å². The Morgan fingerprint density at radius 3 is 1.88 bits per heavy atom. The van der Waals surface area contributed by atoms with E-state index in [0.29, 0.717) is 6.54 Å². The van der Waals surface area contributed by atoms with Gasteiger partial charge in [-0.2, -0.15) is 0 Å². The fourth-order valence-corrected chi connectivity index (χ4v) is 3.00. The van der Waals surface area contributed by atoms with Crippen LogP contribution in [0.3, 0.4) is 0 Å². The second kappa shape index (κ2) is 7.73. The van der Waals surface area contributed by atoms with E-state index in [1.54, 1.807) is 7.11 Å². The van der Waals surface area contributed by atoms with E-state index in [2.05, 4.69) is 51.5 Å². The molecule has 0 aliphatic carbocycles. The van der Waals surface area contributed by atoms with Gasteiger partial charge in [-0.25, -0.2) is 0 Å². The molecule has 0 unspecified atom stereocenters. The number of nitrogens with one attached hydrogen (secondary N) is 1. The van der Waals surface area contributed by atoms with E-state index in [0.717, 1.165) is 43.9 Å². The van der Waals surface area contributed by atoms with Crippen molar-refractivity contribution in [3.05, 3.63) is 54.1 Å². The number of hydrogen-bond donors (Lipinski definition) is 1. The Balaban J connectivity index is 1.56. The predicted molar refractivity (Wildman–Crippen MR) is 96.8 cm³/mol. The number of benzene rings is 2. The van der Waals surface area contributed by atoms with Gasteiger partial charge in [0.05, 0.1) is 7.11 Å². The van der Waals surface area contributed by atoms with E-state index in [-0.39, 0.29) is 0 Å². The molecule has 1 aliphatic heterocycles. The molecule has 0 atom stereocenters. The SMILES string of the molecule is COc1ccc(N2CCN(c3ccc(CNC=O)cc3)CC2)cc1. The average molecular weight is 325 g/mol. The van der Waals surface area contributed by atoms with Crippen LogP contribution in [-0.2, 0) is 11.3 Å². The normalized spacial score (nSPS) is 14.4. The molecular formula is C19H23N3O2.